The van der Waals surface area contributed by atoms with Gasteiger partial charge in [-0.3, -0.25) is 4.79 Å². The Morgan fingerprint density at radius 1 is 0.962 bits per heavy atom. The van der Waals surface area contributed by atoms with Gasteiger partial charge in [-0.1, -0.05) is 24.3 Å². The Labute approximate surface area is 148 Å². The molecule has 4 nitrogen and oxygen atoms in total. The highest BCUT2D eigenvalue weighted by Gasteiger charge is 2.26. The molecule has 0 heterocycles. The van der Waals surface area contributed by atoms with Crippen molar-refractivity contribution in [2.75, 3.05) is 5.32 Å². The molecule has 7 heteroatoms. The van der Waals surface area contributed by atoms with Crippen LogP contribution in [0.2, 0.25) is 0 Å². The Morgan fingerprint density at radius 3 is 2.27 bits per heavy atom. The van der Waals surface area contributed by atoms with Gasteiger partial charge in [0.05, 0.1) is 5.56 Å². The van der Waals surface area contributed by atoms with Crippen molar-refractivity contribution >= 4 is 17.6 Å². The van der Waals surface area contributed by atoms with Crippen molar-refractivity contribution in [3.8, 4) is 0 Å². The Balaban J connectivity index is 1.86. The number of carbonyl (C=O) groups is 2. The third-order valence-corrected chi connectivity index (χ3v) is 3.75. The Hall–Kier alpha value is -2.83. The van der Waals surface area contributed by atoms with Crippen LogP contribution in [-0.4, -0.2) is 23.2 Å². The van der Waals surface area contributed by atoms with Crippen molar-refractivity contribution in [2.45, 2.75) is 31.9 Å². The van der Waals surface area contributed by atoms with E-state index in [0.29, 0.717) is 17.7 Å². The second-order valence-corrected chi connectivity index (χ2v) is 5.87. The van der Waals surface area contributed by atoms with Crippen LogP contribution in [0.3, 0.4) is 0 Å². The first-order chi connectivity index (χ1) is 12.2. The third-order valence-electron chi connectivity index (χ3n) is 3.75. The Morgan fingerprint density at radius 2 is 1.65 bits per heavy atom. The van der Waals surface area contributed by atoms with Crippen molar-refractivity contribution in [2.24, 2.45) is 0 Å². The van der Waals surface area contributed by atoms with Crippen molar-refractivity contribution in [3.63, 3.8) is 0 Å². The lowest BCUT2D eigenvalue weighted by molar-refractivity contribution is -0.134. The third kappa shape index (κ3) is 6.58. The number of carboxylic acid groups (broad SMARTS) is 1. The van der Waals surface area contributed by atoms with Gasteiger partial charge in [-0.05, 0) is 48.2 Å². The first-order valence-electron chi connectivity index (χ1n) is 8.01. The number of alkyl halides is 3. The topological polar surface area (TPSA) is 66.4 Å². The highest BCUT2D eigenvalue weighted by Crippen LogP contribution is 2.23. The number of aryl methyl sites for hydroxylation is 2. The lowest BCUT2D eigenvalue weighted by Crippen LogP contribution is -2.13. The molecule has 2 N–H and O–H groups in total. The minimum atomic E-state index is -4.21. The van der Waals surface area contributed by atoms with Crippen molar-refractivity contribution in [3.05, 3.63) is 65.2 Å². The fraction of sp³-hybridized carbons (Fsp3) is 0.263. The van der Waals surface area contributed by atoms with E-state index in [0.717, 1.165) is 5.56 Å². The lowest BCUT2D eigenvalue weighted by Gasteiger charge is -2.09. The van der Waals surface area contributed by atoms with Crippen LogP contribution in [0.4, 0.5) is 18.9 Å². The predicted octanol–water partition coefficient (Wildman–Crippen LogP) is 4.45. The molecular weight excluding hydrogens is 347 g/mol. The van der Waals surface area contributed by atoms with E-state index in [-0.39, 0.29) is 24.3 Å². The van der Waals surface area contributed by atoms with Gasteiger partial charge in [0, 0.05) is 18.5 Å². The summed E-state index contributed by atoms with van der Waals surface area (Å²) in [6, 6.07) is 12.6. The Bertz CT molecular complexity index is 770. The molecule has 0 aliphatic rings. The van der Waals surface area contributed by atoms with Gasteiger partial charge in [0.25, 0.3) is 0 Å². The molecule has 0 spiro atoms. The molecule has 2 aromatic rings. The van der Waals surface area contributed by atoms with Crippen LogP contribution in [0.5, 0.6) is 0 Å². The molecule has 0 radical (unpaired) electrons. The minimum Gasteiger partial charge on any atom is -0.478 e. The number of aromatic carboxylic acids is 1. The number of carboxylic acids is 1. The van der Waals surface area contributed by atoms with Gasteiger partial charge in [0.1, 0.15) is 0 Å². The first kappa shape index (κ1) is 19.5. The molecule has 0 aliphatic carbocycles. The molecule has 2 aromatic carbocycles. The van der Waals surface area contributed by atoms with Gasteiger partial charge in [0.2, 0.25) is 5.91 Å². The first-order valence-corrected chi connectivity index (χ1v) is 8.01. The molecule has 26 heavy (non-hydrogen) atoms. The van der Waals surface area contributed by atoms with E-state index in [1.165, 1.54) is 18.2 Å². The lowest BCUT2D eigenvalue weighted by atomic mass is 10.1. The zero-order chi connectivity index (χ0) is 19.2. The maximum atomic E-state index is 12.3. The molecule has 0 aliphatic heterocycles. The number of hydrogen-bond acceptors (Lipinski definition) is 2. The normalized spacial score (nSPS) is 11.2. The summed E-state index contributed by atoms with van der Waals surface area (Å²) in [5.41, 5.74) is 1.96. The highest BCUT2D eigenvalue weighted by molar-refractivity contribution is 5.91. The van der Waals surface area contributed by atoms with E-state index < -0.39 is 18.6 Å². The summed E-state index contributed by atoms with van der Waals surface area (Å²) >= 11 is 0. The average Bonchev–Trinajstić information content (AvgIpc) is 2.58. The monoisotopic (exact) mass is 365 g/mol. The van der Waals surface area contributed by atoms with Crippen molar-refractivity contribution in [1.29, 1.82) is 0 Å². The van der Waals surface area contributed by atoms with E-state index in [1.54, 1.807) is 30.3 Å². The van der Waals surface area contributed by atoms with Crippen LogP contribution >= 0.6 is 0 Å². The minimum absolute atomic E-state index is 0.136. The van der Waals surface area contributed by atoms with E-state index >= 15 is 0 Å². The van der Waals surface area contributed by atoms with E-state index in [2.05, 4.69) is 5.32 Å². The fourth-order valence-electron chi connectivity index (χ4n) is 2.39. The van der Waals surface area contributed by atoms with Crippen LogP contribution in [0.15, 0.2) is 48.5 Å². The van der Waals surface area contributed by atoms with Crippen LogP contribution in [0, 0.1) is 0 Å². The summed E-state index contributed by atoms with van der Waals surface area (Å²) in [6.45, 7) is 0. The smallest absolute Gasteiger partial charge is 0.389 e. The largest absolute Gasteiger partial charge is 0.478 e. The molecule has 0 atom stereocenters. The second-order valence-electron chi connectivity index (χ2n) is 5.87. The van der Waals surface area contributed by atoms with Gasteiger partial charge in [-0.2, -0.15) is 13.2 Å². The van der Waals surface area contributed by atoms with Crippen LogP contribution in [-0.2, 0) is 17.6 Å². The van der Waals surface area contributed by atoms with E-state index in [4.69, 9.17) is 5.11 Å². The predicted molar refractivity (Wildman–Crippen MR) is 91.2 cm³/mol. The van der Waals surface area contributed by atoms with Crippen molar-refractivity contribution in [1.82, 2.24) is 0 Å². The molecule has 0 fully saturated rings. The van der Waals surface area contributed by atoms with Crippen LogP contribution in [0.25, 0.3) is 0 Å². The summed E-state index contributed by atoms with van der Waals surface area (Å²) in [6.07, 6.45) is -4.64. The molecule has 0 unspecified atom stereocenters. The molecule has 138 valence electrons. The number of anilines is 1. The summed E-state index contributed by atoms with van der Waals surface area (Å²) in [5, 5.41) is 11.5. The van der Waals surface area contributed by atoms with Gasteiger partial charge >= 0.3 is 12.1 Å². The highest BCUT2D eigenvalue weighted by atomic mass is 19.4. The number of nitrogens with one attached hydrogen (secondary N) is 1. The van der Waals surface area contributed by atoms with Crippen LogP contribution in [0.1, 0.15) is 34.3 Å². The maximum absolute atomic E-state index is 12.3. The summed E-state index contributed by atoms with van der Waals surface area (Å²) in [4.78, 5) is 22.8. The van der Waals surface area contributed by atoms with Crippen molar-refractivity contribution < 1.29 is 27.9 Å². The molecule has 0 saturated heterocycles. The quantitative estimate of drug-likeness (QED) is 0.762. The number of hydrogen-bond donors (Lipinski definition) is 2. The zero-order valence-electron chi connectivity index (χ0n) is 13.8. The second kappa shape index (κ2) is 8.51. The zero-order valence-corrected chi connectivity index (χ0v) is 13.8. The number of carbonyl (C=O) groups excluding carboxylic acids is 1. The fourth-order valence-corrected chi connectivity index (χ4v) is 2.39. The Kier molecular flexibility index (Phi) is 6.38. The summed E-state index contributed by atoms with van der Waals surface area (Å²) in [7, 11) is 0. The standard InChI is InChI=1S/C19H18F3NO3/c20-19(21,22)11-10-14-2-1-3-16(12-14)23-17(24)9-6-13-4-7-15(8-5-13)18(25)26/h1-5,7-8,12H,6,9-11H2,(H,23,24)(H,25,26). The number of halogens is 3. The van der Waals surface area contributed by atoms with Gasteiger partial charge < -0.3 is 10.4 Å². The van der Waals surface area contributed by atoms with Gasteiger partial charge in [0.15, 0.2) is 0 Å². The number of amides is 1. The van der Waals surface area contributed by atoms with Gasteiger partial charge in [-0.25, -0.2) is 4.79 Å². The van der Waals surface area contributed by atoms with Crippen LogP contribution < -0.4 is 5.32 Å². The average molecular weight is 365 g/mol. The van der Waals surface area contributed by atoms with E-state index in [1.807, 2.05) is 0 Å². The summed E-state index contributed by atoms with van der Waals surface area (Å²) < 4.78 is 36.8. The molecule has 1 amide bonds. The number of benzene rings is 2. The molecule has 0 saturated carbocycles. The molecule has 0 aromatic heterocycles. The SMILES string of the molecule is O=C(CCc1ccc(C(=O)O)cc1)Nc1cccc(CCC(F)(F)F)c1. The molecule has 2 rings (SSSR count). The van der Waals surface area contributed by atoms with Gasteiger partial charge in [-0.15, -0.1) is 0 Å². The maximum Gasteiger partial charge on any atom is 0.389 e. The molecular formula is C19H18F3NO3. The number of rotatable bonds is 7. The molecule has 0 bridgehead atoms. The van der Waals surface area contributed by atoms with E-state index in [9.17, 15) is 22.8 Å². The summed E-state index contributed by atoms with van der Waals surface area (Å²) in [5.74, 6) is -1.28.